The molecule has 0 aromatic heterocycles. The highest BCUT2D eigenvalue weighted by molar-refractivity contribution is 5.84. The van der Waals surface area contributed by atoms with Crippen molar-refractivity contribution in [2.75, 3.05) is 19.7 Å². The maximum absolute atomic E-state index is 15.0. The SMILES string of the molecule is CC(=O)OC1[C@@H](O[C@@H]2C(O)C(O[C@H]3OC(CNC(=O)OC(C)(C)C)CCC3NC(=O)OC(C)(C)C)[C@H](NC(=O)OC(C)(C)C)C[C@H]2NC(=O)[C@H](CCNC(=O)OC(C)(C)C)OC(C)=O)OC(COC(c2ccccc2)(c2ccccc2)c2ccccc2)[C@@H](O)[C@@H]1NC(=O)OC(C)(C)C. The smallest absolute Gasteiger partial charge is 0.408 e. The minimum Gasteiger partial charge on any atom is -0.455 e. The summed E-state index contributed by atoms with van der Waals surface area (Å²) in [5.74, 6) is -2.86. The molecule has 2 aliphatic heterocycles. The zero-order valence-corrected chi connectivity index (χ0v) is 59.3. The second kappa shape index (κ2) is 33.8. The second-order valence-electron chi connectivity index (χ2n) is 29.3. The maximum atomic E-state index is 15.0. The molecular weight excluding hydrogens is 1280 g/mol. The van der Waals surface area contributed by atoms with Gasteiger partial charge in [0.05, 0.1) is 30.8 Å². The minimum atomic E-state index is -2.11. The molecule has 1 saturated carbocycles. The van der Waals surface area contributed by atoms with E-state index in [1.807, 2.05) is 91.0 Å². The molecule has 544 valence electrons. The topological polar surface area (TPSA) is 360 Å². The summed E-state index contributed by atoms with van der Waals surface area (Å²) < 4.78 is 73.9. The molecule has 3 aromatic carbocycles. The monoisotopic (exact) mass is 1380 g/mol. The van der Waals surface area contributed by atoms with Gasteiger partial charge in [-0.15, -0.1) is 0 Å². The predicted molar refractivity (Wildman–Crippen MR) is 354 cm³/mol. The van der Waals surface area contributed by atoms with Crippen molar-refractivity contribution >= 4 is 48.3 Å². The molecule has 3 aromatic rings. The lowest BCUT2D eigenvalue weighted by atomic mass is 9.80. The highest BCUT2D eigenvalue weighted by atomic mass is 16.7. The summed E-state index contributed by atoms with van der Waals surface area (Å²) in [7, 11) is 0. The molecular formula is C70H102N6O22. The van der Waals surface area contributed by atoms with Crippen molar-refractivity contribution in [2.24, 2.45) is 0 Å². The van der Waals surface area contributed by atoms with E-state index in [1.54, 1.807) is 104 Å². The molecule has 0 spiro atoms. The molecule has 2 heterocycles. The van der Waals surface area contributed by atoms with Crippen LogP contribution in [0.2, 0.25) is 0 Å². The van der Waals surface area contributed by atoms with Crippen LogP contribution in [0.25, 0.3) is 0 Å². The van der Waals surface area contributed by atoms with E-state index in [0.29, 0.717) is 16.7 Å². The molecule has 98 heavy (non-hydrogen) atoms. The normalized spacial score (nSPS) is 24.9. The van der Waals surface area contributed by atoms with Crippen LogP contribution in [0.1, 0.15) is 160 Å². The molecule has 3 aliphatic rings. The lowest BCUT2D eigenvalue weighted by Gasteiger charge is -2.50. The summed E-state index contributed by atoms with van der Waals surface area (Å²) in [6.45, 7) is 25.9. The number of hydrogen-bond acceptors (Lipinski definition) is 22. The van der Waals surface area contributed by atoms with Crippen molar-refractivity contribution in [1.82, 2.24) is 31.9 Å². The van der Waals surface area contributed by atoms with Gasteiger partial charge in [-0.25, -0.2) is 24.0 Å². The van der Waals surface area contributed by atoms with Crippen molar-refractivity contribution in [3.63, 3.8) is 0 Å². The van der Waals surface area contributed by atoms with E-state index in [2.05, 4.69) is 31.9 Å². The Bertz CT molecular complexity index is 3030. The van der Waals surface area contributed by atoms with Crippen LogP contribution < -0.4 is 31.9 Å². The number of carbonyl (C=O) groups is 8. The van der Waals surface area contributed by atoms with Crippen LogP contribution in [0, 0.1) is 0 Å². The van der Waals surface area contributed by atoms with Gasteiger partial charge in [-0.2, -0.15) is 0 Å². The number of aliphatic hydroxyl groups excluding tert-OH is 2. The first-order valence-corrected chi connectivity index (χ1v) is 32.9. The number of esters is 2. The molecule has 28 heteroatoms. The van der Waals surface area contributed by atoms with Crippen molar-refractivity contribution in [3.05, 3.63) is 108 Å². The van der Waals surface area contributed by atoms with Crippen LogP contribution in [0.5, 0.6) is 0 Å². The van der Waals surface area contributed by atoms with Gasteiger partial charge in [0.15, 0.2) is 24.8 Å². The first kappa shape index (κ1) is 79.1. The fraction of sp³-hybridized carbons (Fsp3) is 0.629. The molecule has 6 amide bonds. The van der Waals surface area contributed by atoms with Crippen molar-refractivity contribution in [1.29, 1.82) is 0 Å². The third-order valence-electron chi connectivity index (χ3n) is 15.0. The average molecular weight is 1380 g/mol. The Morgan fingerprint density at radius 1 is 0.490 bits per heavy atom. The van der Waals surface area contributed by atoms with Gasteiger partial charge in [0.25, 0.3) is 5.91 Å². The Morgan fingerprint density at radius 3 is 1.38 bits per heavy atom. The lowest BCUT2D eigenvalue weighted by Crippen LogP contribution is -2.71. The third-order valence-corrected chi connectivity index (χ3v) is 15.0. The molecule has 2 saturated heterocycles. The number of hydrogen-bond donors (Lipinski definition) is 8. The Balaban J connectivity index is 1.53. The number of ether oxygens (including phenoxy) is 12. The minimum absolute atomic E-state index is 0.119. The van der Waals surface area contributed by atoms with Crippen LogP contribution in [-0.4, -0.2) is 192 Å². The summed E-state index contributed by atoms with van der Waals surface area (Å²) in [4.78, 5) is 109. The van der Waals surface area contributed by atoms with E-state index in [1.165, 1.54) is 0 Å². The van der Waals surface area contributed by atoms with Gasteiger partial charge in [0.2, 0.25) is 0 Å². The number of alkyl carbamates (subject to hydrolysis) is 5. The first-order valence-electron chi connectivity index (χ1n) is 32.9. The largest absolute Gasteiger partial charge is 0.455 e. The maximum Gasteiger partial charge on any atom is 0.408 e. The molecule has 0 radical (unpaired) electrons. The number of aliphatic hydroxyl groups is 2. The third kappa shape index (κ3) is 24.5. The lowest BCUT2D eigenvalue weighted by molar-refractivity contribution is -0.320. The summed E-state index contributed by atoms with van der Waals surface area (Å²) in [5.41, 5.74) is -4.43. The molecule has 14 atom stereocenters. The Labute approximate surface area is 573 Å². The van der Waals surface area contributed by atoms with Crippen LogP contribution in [0.3, 0.4) is 0 Å². The summed E-state index contributed by atoms with van der Waals surface area (Å²) in [6, 6.07) is 22.0. The molecule has 6 rings (SSSR count). The fourth-order valence-corrected chi connectivity index (χ4v) is 11.3. The highest BCUT2D eigenvalue weighted by Gasteiger charge is 2.56. The van der Waals surface area contributed by atoms with Crippen LogP contribution in [0.4, 0.5) is 24.0 Å². The highest BCUT2D eigenvalue weighted by Crippen LogP contribution is 2.42. The summed E-state index contributed by atoms with van der Waals surface area (Å²) >= 11 is 0. The zero-order valence-electron chi connectivity index (χ0n) is 59.3. The Kier molecular flexibility index (Phi) is 27.3. The van der Waals surface area contributed by atoms with Gasteiger partial charge >= 0.3 is 42.4 Å². The summed E-state index contributed by atoms with van der Waals surface area (Å²) in [5, 5.41) is 42.5. The number of benzene rings is 3. The van der Waals surface area contributed by atoms with Gasteiger partial charge in [0, 0.05) is 33.4 Å². The Hall–Kier alpha value is -7.86. The van der Waals surface area contributed by atoms with Gasteiger partial charge in [-0.05, 0) is 140 Å². The first-order chi connectivity index (χ1) is 45.6. The van der Waals surface area contributed by atoms with E-state index < -0.39 is 181 Å². The number of amides is 6. The quantitative estimate of drug-likeness (QED) is 0.0273. The van der Waals surface area contributed by atoms with E-state index in [9.17, 15) is 48.6 Å². The molecule has 8 N–H and O–H groups in total. The van der Waals surface area contributed by atoms with Gasteiger partial charge in [0.1, 0.15) is 70.2 Å². The van der Waals surface area contributed by atoms with E-state index in [4.69, 9.17) is 56.8 Å². The van der Waals surface area contributed by atoms with Crippen molar-refractivity contribution in [3.8, 4) is 0 Å². The predicted octanol–water partition coefficient (Wildman–Crippen LogP) is 7.59. The molecule has 1 aliphatic carbocycles. The number of carbonyl (C=O) groups excluding carboxylic acids is 8. The molecule has 6 unspecified atom stereocenters. The van der Waals surface area contributed by atoms with E-state index in [-0.39, 0.29) is 32.4 Å². The van der Waals surface area contributed by atoms with Gasteiger partial charge < -0.3 is 99.0 Å². The fourth-order valence-electron chi connectivity index (χ4n) is 11.3. The molecule has 3 fully saturated rings. The van der Waals surface area contributed by atoms with Crippen molar-refractivity contribution < 1.29 is 105 Å². The van der Waals surface area contributed by atoms with Crippen molar-refractivity contribution in [2.45, 2.75) is 263 Å². The van der Waals surface area contributed by atoms with Gasteiger partial charge in [-0.3, -0.25) is 14.4 Å². The second-order valence-corrected chi connectivity index (χ2v) is 29.3. The number of rotatable bonds is 22. The van der Waals surface area contributed by atoms with Crippen LogP contribution >= 0.6 is 0 Å². The average Bonchev–Trinajstić information content (AvgIpc) is 0.757. The number of nitrogens with one attached hydrogen (secondary N) is 6. The van der Waals surface area contributed by atoms with Crippen LogP contribution in [-0.2, 0) is 76.8 Å². The summed E-state index contributed by atoms with van der Waals surface area (Å²) in [6.07, 6.45) is -22.0. The standard InChI is InChI=1S/C70H102N6O22/c1-40(77)88-49(35-36-71-60(82)94-65(3,4)5)57(81)73-47-37-48(75-63(85)97-68(12,13)14)55(92-58-46(74-62(84)96-67(9,10)11)34-33-45(90-58)38-72-61(83)95-66(6,7)8)53(80)54(47)93-59-56(89-41(2)78)51(76-64(86)98-69(15,16)17)52(79)50(91-59)39-87-70(42-27-21-18-22-28-42,43-29-23-19-24-30-43)44-31-25-20-26-32-44/h18-32,45-56,58-59,79-80H,33-39H2,1-17H3,(H,71,82)(H,72,83)(H,73,81)(H,74,84)(H,75,85)(H,76,86)/t45?,46?,47-,48-,49+,50?,51+,52-,53?,54+,55?,56?,58-,59-/m1/s1. The molecule has 0 bridgehead atoms. The Morgan fingerprint density at radius 2 is 0.918 bits per heavy atom. The van der Waals surface area contributed by atoms with E-state index in [0.717, 1.165) is 13.8 Å². The zero-order chi connectivity index (χ0) is 72.7. The van der Waals surface area contributed by atoms with Gasteiger partial charge in [-0.1, -0.05) is 91.0 Å². The molecule has 28 nitrogen and oxygen atoms in total. The van der Waals surface area contributed by atoms with Crippen LogP contribution in [0.15, 0.2) is 91.0 Å². The van der Waals surface area contributed by atoms with E-state index >= 15 is 0 Å².